The fourth-order valence-electron chi connectivity index (χ4n) is 2.78. The Morgan fingerprint density at radius 3 is 2.67 bits per heavy atom. The lowest BCUT2D eigenvalue weighted by Crippen LogP contribution is -2.30. The molecule has 0 aromatic heterocycles. The second-order valence-electron chi connectivity index (χ2n) is 6.10. The van der Waals surface area contributed by atoms with E-state index in [0.29, 0.717) is 6.54 Å². The number of carbonyl (C=O) groups excluding carboxylic acids is 1. The Bertz CT molecular complexity index is 693. The van der Waals surface area contributed by atoms with Gasteiger partial charge in [0.25, 0.3) is 0 Å². The van der Waals surface area contributed by atoms with Crippen molar-refractivity contribution in [1.82, 2.24) is 4.72 Å². The van der Waals surface area contributed by atoms with Gasteiger partial charge in [0.2, 0.25) is 15.9 Å². The van der Waals surface area contributed by atoms with Crippen molar-refractivity contribution in [2.75, 3.05) is 18.5 Å². The van der Waals surface area contributed by atoms with Gasteiger partial charge in [-0.3, -0.25) is 4.79 Å². The van der Waals surface area contributed by atoms with E-state index >= 15 is 0 Å². The van der Waals surface area contributed by atoms with Crippen LogP contribution in [0.4, 0.5) is 5.69 Å². The average Bonchev–Trinajstić information content (AvgIpc) is 3.19. The van der Waals surface area contributed by atoms with E-state index in [0.717, 1.165) is 30.5 Å². The summed E-state index contributed by atoms with van der Waals surface area (Å²) in [5, 5.41) is 0. The highest BCUT2D eigenvalue weighted by Gasteiger charge is 2.41. The third-order valence-electron chi connectivity index (χ3n) is 4.78. The number of anilines is 1. The number of likely N-dealkylation sites (N-methyl/N-ethyl adjacent to an activating group) is 1. The first-order valence-electron chi connectivity index (χ1n) is 7.26. The van der Waals surface area contributed by atoms with E-state index in [4.69, 9.17) is 0 Å². The first-order valence-corrected chi connectivity index (χ1v) is 8.74. The van der Waals surface area contributed by atoms with Crippen LogP contribution < -0.4 is 9.62 Å². The molecule has 114 valence electrons. The van der Waals surface area contributed by atoms with Crippen molar-refractivity contribution in [2.45, 2.75) is 37.5 Å². The zero-order chi connectivity index (χ0) is 15.3. The Morgan fingerprint density at radius 1 is 1.33 bits per heavy atom. The highest BCUT2D eigenvalue weighted by molar-refractivity contribution is 7.89. The van der Waals surface area contributed by atoms with Crippen LogP contribution in [0.1, 0.15) is 31.7 Å². The molecular formula is C15H20N2O3S. The number of sulfonamides is 1. The van der Waals surface area contributed by atoms with E-state index in [9.17, 15) is 13.2 Å². The van der Waals surface area contributed by atoms with Gasteiger partial charge >= 0.3 is 0 Å². The largest absolute Gasteiger partial charge is 0.315 e. The molecule has 1 amide bonds. The second kappa shape index (κ2) is 4.81. The maximum absolute atomic E-state index is 12.4. The molecular weight excluding hydrogens is 288 g/mol. The monoisotopic (exact) mass is 308 g/mol. The van der Waals surface area contributed by atoms with Gasteiger partial charge in [-0.25, -0.2) is 13.1 Å². The number of hydrogen-bond acceptors (Lipinski definition) is 3. The van der Waals surface area contributed by atoms with Crippen molar-refractivity contribution in [1.29, 1.82) is 0 Å². The van der Waals surface area contributed by atoms with Gasteiger partial charge in [0.15, 0.2) is 0 Å². The number of carbonyl (C=O) groups is 1. The maximum Gasteiger partial charge on any atom is 0.240 e. The van der Waals surface area contributed by atoms with Gasteiger partial charge in [-0.15, -0.1) is 0 Å². The Hall–Kier alpha value is -1.40. The van der Waals surface area contributed by atoms with Crippen molar-refractivity contribution in [3.05, 3.63) is 23.8 Å². The third-order valence-corrected chi connectivity index (χ3v) is 6.18. The van der Waals surface area contributed by atoms with Gasteiger partial charge in [0.05, 0.1) is 11.3 Å². The molecule has 0 unspecified atom stereocenters. The first kappa shape index (κ1) is 14.5. The number of benzene rings is 1. The van der Waals surface area contributed by atoms with E-state index in [1.165, 1.54) is 0 Å². The topological polar surface area (TPSA) is 66.5 Å². The zero-order valence-corrected chi connectivity index (χ0v) is 13.2. The van der Waals surface area contributed by atoms with Gasteiger partial charge in [-0.2, -0.15) is 0 Å². The molecule has 1 aliphatic carbocycles. The number of nitrogens with one attached hydrogen (secondary N) is 1. The summed E-state index contributed by atoms with van der Waals surface area (Å²) in [4.78, 5) is 13.5. The summed E-state index contributed by atoms with van der Waals surface area (Å²) in [5.41, 5.74) is 1.74. The third kappa shape index (κ3) is 2.58. The molecule has 6 heteroatoms. The molecule has 3 rings (SSSR count). The molecule has 1 aromatic rings. The average molecular weight is 308 g/mol. The van der Waals surface area contributed by atoms with Gasteiger partial charge in [-0.1, -0.05) is 6.92 Å². The van der Waals surface area contributed by atoms with Crippen molar-refractivity contribution < 1.29 is 13.2 Å². The van der Waals surface area contributed by atoms with Gasteiger partial charge in [0.1, 0.15) is 0 Å². The Morgan fingerprint density at radius 2 is 2.05 bits per heavy atom. The van der Waals surface area contributed by atoms with E-state index in [-0.39, 0.29) is 22.6 Å². The molecule has 0 saturated heterocycles. The summed E-state index contributed by atoms with van der Waals surface area (Å²) in [7, 11) is -1.79. The molecule has 1 N–H and O–H groups in total. The van der Waals surface area contributed by atoms with Crippen LogP contribution >= 0.6 is 0 Å². The summed E-state index contributed by atoms with van der Waals surface area (Å²) in [6.45, 7) is 2.60. The number of rotatable bonds is 5. The summed E-state index contributed by atoms with van der Waals surface area (Å²) in [6.07, 6.45) is 3.46. The van der Waals surface area contributed by atoms with Crippen LogP contribution in [-0.2, 0) is 21.2 Å². The molecule has 1 heterocycles. The predicted octanol–water partition coefficient (Wildman–Crippen LogP) is 1.67. The van der Waals surface area contributed by atoms with Crippen LogP contribution in [0.15, 0.2) is 23.1 Å². The number of nitrogens with zero attached hydrogens (tertiary/aromatic N) is 1. The minimum atomic E-state index is -3.50. The highest BCUT2D eigenvalue weighted by Crippen LogP contribution is 2.48. The zero-order valence-electron chi connectivity index (χ0n) is 12.3. The van der Waals surface area contributed by atoms with Crippen LogP contribution in [-0.4, -0.2) is 27.9 Å². The number of hydrogen-bond donors (Lipinski definition) is 1. The minimum absolute atomic E-state index is 0.00424. The fourth-order valence-corrected chi connectivity index (χ4v) is 3.98. The Kier molecular flexibility index (Phi) is 3.33. The van der Waals surface area contributed by atoms with E-state index in [2.05, 4.69) is 11.6 Å². The lowest BCUT2D eigenvalue weighted by Gasteiger charge is -2.15. The second-order valence-corrected chi connectivity index (χ2v) is 7.87. The highest BCUT2D eigenvalue weighted by atomic mass is 32.2. The lowest BCUT2D eigenvalue weighted by molar-refractivity contribution is -0.117. The maximum atomic E-state index is 12.4. The van der Waals surface area contributed by atoms with Crippen molar-refractivity contribution in [3.8, 4) is 0 Å². The minimum Gasteiger partial charge on any atom is -0.315 e. The molecule has 1 fully saturated rings. The molecule has 0 bridgehead atoms. The number of fused-ring (bicyclic) bond motifs is 1. The SMILES string of the molecule is CCC1(CNS(=O)(=O)c2ccc3c(c2)CC(=O)N3C)CC1. The smallest absolute Gasteiger partial charge is 0.240 e. The molecule has 0 atom stereocenters. The van der Waals surface area contributed by atoms with Gasteiger partial charge in [0, 0.05) is 19.3 Å². The van der Waals surface area contributed by atoms with Gasteiger partial charge in [-0.05, 0) is 48.4 Å². The van der Waals surface area contributed by atoms with Crippen molar-refractivity contribution in [3.63, 3.8) is 0 Å². The quantitative estimate of drug-likeness (QED) is 0.900. The van der Waals surface area contributed by atoms with Crippen LogP contribution in [0.5, 0.6) is 0 Å². The molecule has 1 aromatic carbocycles. The summed E-state index contributed by atoms with van der Waals surface area (Å²) < 4.78 is 27.5. The molecule has 0 radical (unpaired) electrons. The van der Waals surface area contributed by atoms with Crippen LogP contribution in [0, 0.1) is 5.41 Å². The molecule has 21 heavy (non-hydrogen) atoms. The van der Waals surface area contributed by atoms with Crippen LogP contribution in [0.2, 0.25) is 0 Å². The summed E-state index contributed by atoms with van der Waals surface area (Å²) in [6, 6.07) is 4.90. The van der Waals surface area contributed by atoms with E-state index in [1.54, 1.807) is 30.1 Å². The lowest BCUT2D eigenvalue weighted by atomic mass is 10.1. The standard InChI is InChI=1S/C15H20N2O3S/c1-3-15(6-7-15)10-16-21(19,20)12-4-5-13-11(8-12)9-14(18)17(13)2/h4-5,8,16H,3,6-7,9-10H2,1-2H3. The van der Waals surface area contributed by atoms with E-state index < -0.39 is 10.0 Å². The molecule has 1 aliphatic heterocycles. The van der Waals surface area contributed by atoms with Crippen molar-refractivity contribution >= 4 is 21.6 Å². The Balaban J connectivity index is 1.80. The van der Waals surface area contributed by atoms with Crippen LogP contribution in [0.3, 0.4) is 0 Å². The molecule has 1 saturated carbocycles. The van der Waals surface area contributed by atoms with E-state index in [1.807, 2.05) is 0 Å². The summed E-state index contributed by atoms with van der Waals surface area (Å²) in [5.74, 6) is -0.00424. The van der Waals surface area contributed by atoms with Crippen LogP contribution in [0.25, 0.3) is 0 Å². The first-order chi connectivity index (χ1) is 9.87. The molecule has 5 nitrogen and oxygen atoms in total. The molecule has 0 spiro atoms. The number of amides is 1. The van der Waals surface area contributed by atoms with Crippen molar-refractivity contribution in [2.24, 2.45) is 5.41 Å². The van der Waals surface area contributed by atoms with Gasteiger partial charge < -0.3 is 4.90 Å². The summed E-state index contributed by atoms with van der Waals surface area (Å²) >= 11 is 0. The predicted molar refractivity (Wildman–Crippen MR) is 80.7 cm³/mol. The fraction of sp³-hybridized carbons (Fsp3) is 0.533. The normalized spacial score (nSPS) is 19.7. The molecule has 2 aliphatic rings. The Labute approximate surface area is 125 Å².